The van der Waals surface area contributed by atoms with Crippen LogP contribution in [0.2, 0.25) is 0 Å². The Hall–Kier alpha value is -1.55. The predicted molar refractivity (Wildman–Crippen MR) is 72.6 cm³/mol. The molecule has 0 saturated heterocycles. The van der Waals surface area contributed by atoms with Crippen LogP contribution in [0.15, 0.2) is 18.2 Å². The molecule has 0 radical (unpaired) electrons. The van der Waals surface area contributed by atoms with Crippen molar-refractivity contribution >= 4 is 5.91 Å². The Morgan fingerprint density at radius 2 is 2.06 bits per heavy atom. The number of carbonyl (C=O) groups is 1. The highest BCUT2D eigenvalue weighted by molar-refractivity contribution is 5.96. The fraction of sp³-hybridized carbons (Fsp3) is 0.500. The highest BCUT2D eigenvalue weighted by Gasteiger charge is 2.25. The van der Waals surface area contributed by atoms with Crippen molar-refractivity contribution in [1.82, 2.24) is 5.32 Å². The molecular weight excluding hydrogens is 228 g/mol. The van der Waals surface area contributed by atoms with Crippen molar-refractivity contribution in [3.63, 3.8) is 0 Å². The van der Waals surface area contributed by atoms with E-state index in [0.29, 0.717) is 17.7 Å². The molecule has 0 aliphatic heterocycles. The van der Waals surface area contributed by atoms with Crippen LogP contribution in [0.3, 0.4) is 0 Å². The quantitative estimate of drug-likeness (QED) is 0.765. The largest absolute Gasteiger partial charge is 0.508 e. The number of nitrogens with two attached hydrogens (primary N) is 1. The molecule has 0 saturated carbocycles. The van der Waals surface area contributed by atoms with Crippen molar-refractivity contribution in [1.29, 1.82) is 0 Å². The molecule has 1 aromatic rings. The lowest BCUT2D eigenvalue weighted by atomic mass is 9.86. The molecule has 100 valence electrons. The summed E-state index contributed by atoms with van der Waals surface area (Å²) in [5.41, 5.74) is 6.65. The smallest absolute Gasteiger partial charge is 0.251 e. The van der Waals surface area contributed by atoms with Gasteiger partial charge in [-0.05, 0) is 24.5 Å². The first-order valence-corrected chi connectivity index (χ1v) is 6.07. The zero-order valence-corrected chi connectivity index (χ0v) is 11.4. The molecule has 1 aromatic carbocycles. The van der Waals surface area contributed by atoms with E-state index in [9.17, 15) is 9.90 Å². The average molecular weight is 250 g/mol. The SMILES string of the molecule is Cc1c(O)cccc1C(=O)NC(CN)C(C)(C)C. The van der Waals surface area contributed by atoms with E-state index in [1.807, 2.05) is 20.8 Å². The molecule has 1 atom stereocenters. The number of hydrogen-bond donors (Lipinski definition) is 3. The lowest BCUT2D eigenvalue weighted by molar-refractivity contribution is 0.0904. The van der Waals surface area contributed by atoms with Gasteiger partial charge in [-0.25, -0.2) is 0 Å². The van der Waals surface area contributed by atoms with Crippen LogP contribution in [0.5, 0.6) is 5.75 Å². The average Bonchev–Trinajstić information content (AvgIpc) is 2.27. The minimum Gasteiger partial charge on any atom is -0.508 e. The number of amides is 1. The van der Waals surface area contributed by atoms with Gasteiger partial charge in [-0.3, -0.25) is 4.79 Å². The van der Waals surface area contributed by atoms with Gasteiger partial charge in [-0.15, -0.1) is 0 Å². The first-order valence-electron chi connectivity index (χ1n) is 6.07. The molecule has 0 fully saturated rings. The maximum absolute atomic E-state index is 12.2. The van der Waals surface area contributed by atoms with Crippen LogP contribution in [0.4, 0.5) is 0 Å². The molecule has 18 heavy (non-hydrogen) atoms. The van der Waals surface area contributed by atoms with Crippen molar-refractivity contribution < 1.29 is 9.90 Å². The van der Waals surface area contributed by atoms with Gasteiger partial charge in [0.1, 0.15) is 5.75 Å². The number of carbonyl (C=O) groups excluding carboxylic acids is 1. The van der Waals surface area contributed by atoms with E-state index in [0.717, 1.165) is 0 Å². The maximum atomic E-state index is 12.2. The lowest BCUT2D eigenvalue weighted by Crippen LogP contribution is -2.48. The zero-order valence-electron chi connectivity index (χ0n) is 11.4. The van der Waals surface area contributed by atoms with Gasteiger partial charge in [0.05, 0.1) is 0 Å². The van der Waals surface area contributed by atoms with Gasteiger partial charge in [0.2, 0.25) is 0 Å². The van der Waals surface area contributed by atoms with E-state index in [1.165, 1.54) is 0 Å². The topological polar surface area (TPSA) is 75.3 Å². The molecule has 0 aliphatic carbocycles. The van der Waals surface area contributed by atoms with E-state index in [2.05, 4.69) is 5.32 Å². The summed E-state index contributed by atoms with van der Waals surface area (Å²) in [6.07, 6.45) is 0. The molecule has 1 amide bonds. The number of rotatable bonds is 3. The third-order valence-corrected chi connectivity index (χ3v) is 3.14. The van der Waals surface area contributed by atoms with Gasteiger partial charge in [0, 0.05) is 23.7 Å². The van der Waals surface area contributed by atoms with Crippen molar-refractivity contribution in [2.45, 2.75) is 33.7 Å². The van der Waals surface area contributed by atoms with Gasteiger partial charge in [0.25, 0.3) is 5.91 Å². The Bertz CT molecular complexity index is 436. The van der Waals surface area contributed by atoms with Crippen LogP contribution >= 0.6 is 0 Å². The number of hydrogen-bond acceptors (Lipinski definition) is 3. The van der Waals surface area contributed by atoms with Crippen molar-refractivity contribution in [3.8, 4) is 5.75 Å². The number of phenolic OH excluding ortho intramolecular Hbond substituents is 1. The Morgan fingerprint density at radius 3 is 2.56 bits per heavy atom. The molecule has 0 bridgehead atoms. The normalized spacial score (nSPS) is 13.2. The third kappa shape index (κ3) is 3.23. The van der Waals surface area contributed by atoms with Gasteiger partial charge < -0.3 is 16.2 Å². The number of aromatic hydroxyl groups is 1. The van der Waals surface area contributed by atoms with Crippen LogP contribution in [0.1, 0.15) is 36.7 Å². The Kier molecular flexibility index (Phi) is 4.35. The molecule has 1 unspecified atom stereocenters. The monoisotopic (exact) mass is 250 g/mol. The standard InChI is InChI=1S/C14H22N2O2/c1-9-10(6-5-7-11(9)17)13(18)16-12(8-15)14(2,3)4/h5-7,12,17H,8,15H2,1-4H3,(H,16,18). The summed E-state index contributed by atoms with van der Waals surface area (Å²) in [6.45, 7) is 8.19. The Balaban J connectivity index is 2.92. The van der Waals surface area contributed by atoms with Crippen molar-refractivity contribution in [3.05, 3.63) is 29.3 Å². The van der Waals surface area contributed by atoms with E-state index in [-0.39, 0.29) is 23.1 Å². The minimum atomic E-state index is -0.200. The second-order valence-electron chi connectivity index (χ2n) is 5.58. The molecule has 1 rings (SSSR count). The summed E-state index contributed by atoms with van der Waals surface area (Å²) in [7, 11) is 0. The summed E-state index contributed by atoms with van der Waals surface area (Å²) in [5, 5.41) is 12.5. The van der Waals surface area contributed by atoms with E-state index < -0.39 is 0 Å². The van der Waals surface area contributed by atoms with Gasteiger partial charge in [0.15, 0.2) is 0 Å². The van der Waals surface area contributed by atoms with E-state index in [4.69, 9.17) is 5.73 Å². The van der Waals surface area contributed by atoms with Gasteiger partial charge in [-0.1, -0.05) is 26.8 Å². The highest BCUT2D eigenvalue weighted by Crippen LogP contribution is 2.22. The fourth-order valence-corrected chi connectivity index (χ4v) is 1.73. The summed E-state index contributed by atoms with van der Waals surface area (Å²) < 4.78 is 0. The Morgan fingerprint density at radius 1 is 1.44 bits per heavy atom. The number of nitrogens with one attached hydrogen (secondary N) is 1. The van der Waals surface area contributed by atoms with Crippen LogP contribution in [-0.4, -0.2) is 23.6 Å². The second kappa shape index (κ2) is 5.40. The molecule has 4 heteroatoms. The van der Waals surface area contributed by atoms with Crippen LogP contribution in [0.25, 0.3) is 0 Å². The first-order chi connectivity index (χ1) is 8.27. The predicted octanol–water partition coefficient (Wildman–Crippen LogP) is 1.80. The highest BCUT2D eigenvalue weighted by atomic mass is 16.3. The van der Waals surface area contributed by atoms with Crippen LogP contribution in [-0.2, 0) is 0 Å². The lowest BCUT2D eigenvalue weighted by Gasteiger charge is -2.30. The molecule has 0 aliphatic rings. The fourth-order valence-electron chi connectivity index (χ4n) is 1.73. The molecule has 0 aromatic heterocycles. The summed E-state index contributed by atoms with van der Waals surface area (Å²) >= 11 is 0. The molecule has 4 nitrogen and oxygen atoms in total. The molecule has 0 heterocycles. The molecule has 4 N–H and O–H groups in total. The minimum absolute atomic E-state index is 0.102. The number of benzene rings is 1. The second-order valence-corrected chi connectivity index (χ2v) is 5.58. The number of phenols is 1. The van der Waals surface area contributed by atoms with Crippen molar-refractivity contribution in [2.75, 3.05) is 6.54 Å². The van der Waals surface area contributed by atoms with E-state index in [1.54, 1.807) is 25.1 Å². The first kappa shape index (κ1) is 14.5. The molecule has 0 spiro atoms. The Labute approximate surface area is 108 Å². The molecular formula is C14H22N2O2. The summed E-state index contributed by atoms with van der Waals surface area (Å²) in [6, 6.07) is 4.81. The summed E-state index contributed by atoms with van der Waals surface area (Å²) in [5.74, 6) is -0.0727. The third-order valence-electron chi connectivity index (χ3n) is 3.14. The van der Waals surface area contributed by atoms with Crippen molar-refractivity contribution in [2.24, 2.45) is 11.1 Å². The summed E-state index contributed by atoms with van der Waals surface area (Å²) in [4.78, 5) is 12.2. The van der Waals surface area contributed by atoms with Gasteiger partial charge >= 0.3 is 0 Å². The maximum Gasteiger partial charge on any atom is 0.251 e. The van der Waals surface area contributed by atoms with Gasteiger partial charge in [-0.2, -0.15) is 0 Å². The van der Waals surface area contributed by atoms with E-state index >= 15 is 0 Å². The van der Waals surface area contributed by atoms with Crippen LogP contribution in [0, 0.1) is 12.3 Å². The zero-order chi connectivity index (χ0) is 13.9. The van der Waals surface area contributed by atoms with Crippen LogP contribution < -0.4 is 11.1 Å².